The first-order valence-electron chi connectivity index (χ1n) is 2.35. The predicted molar refractivity (Wildman–Crippen MR) is 30.0 cm³/mol. The molecule has 0 heterocycles. The third-order valence-corrected chi connectivity index (χ3v) is 0.643. The summed E-state index contributed by atoms with van der Waals surface area (Å²) in [6, 6.07) is 0. The fourth-order valence-electron chi connectivity index (χ4n) is 0.276. The fourth-order valence-corrected chi connectivity index (χ4v) is 0.276. The first-order valence-corrected chi connectivity index (χ1v) is 2.35. The first kappa shape index (κ1) is 7.34. The van der Waals surface area contributed by atoms with Gasteiger partial charge in [-0.25, -0.2) is 4.39 Å². The average Bonchev–Trinajstić information content (AvgIpc) is 1.83. The standard InChI is InChI=1S/C6H8F2/c1-2-6(8)4-3-5-7/h2,4H,1,3,5H2/b6-4+. The van der Waals surface area contributed by atoms with Gasteiger partial charge in [0.25, 0.3) is 0 Å². The lowest BCUT2D eigenvalue weighted by Crippen LogP contribution is -1.69. The van der Waals surface area contributed by atoms with Gasteiger partial charge in [-0.15, -0.1) is 0 Å². The topological polar surface area (TPSA) is 0 Å². The van der Waals surface area contributed by atoms with Crippen LogP contribution in [0.3, 0.4) is 0 Å². The monoisotopic (exact) mass is 118 g/mol. The molecule has 0 aromatic rings. The van der Waals surface area contributed by atoms with Crippen LogP contribution < -0.4 is 0 Å². The minimum absolute atomic E-state index is 0.137. The summed E-state index contributed by atoms with van der Waals surface area (Å²) in [7, 11) is 0. The second-order valence-electron chi connectivity index (χ2n) is 1.27. The van der Waals surface area contributed by atoms with Crippen LogP contribution >= 0.6 is 0 Å². The zero-order chi connectivity index (χ0) is 6.41. The van der Waals surface area contributed by atoms with Crippen LogP contribution in [-0.2, 0) is 0 Å². The predicted octanol–water partition coefficient (Wildman–Crippen LogP) is 2.39. The number of rotatable bonds is 3. The molecule has 2 heteroatoms. The van der Waals surface area contributed by atoms with Gasteiger partial charge in [0.05, 0.1) is 6.67 Å². The molecule has 0 aromatic heterocycles. The lowest BCUT2D eigenvalue weighted by atomic mass is 10.4. The maximum absolute atomic E-state index is 11.9. The molecule has 0 saturated carbocycles. The van der Waals surface area contributed by atoms with E-state index < -0.39 is 12.5 Å². The Balaban J connectivity index is 3.40. The SMILES string of the molecule is C=C/C(F)=C\CCF. The van der Waals surface area contributed by atoms with E-state index in [4.69, 9.17) is 0 Å². The van der Waals surface area contributed by atoms with Crippen LogP contribution in [0.15, 0.2) is 24.6 Å². The van der Waals surface area contributed by atoms with Gasteiger partial charge in [-0.05, 0) is 18.6 Å². The second kappa shape index (κ2) is 4.50. The molecular formula is C6H8F2. The summed E-state index contributed by atoms with van der Waals surface area (Å²) in [5.74, 6) is -0.456. The molecule has 0 rings (SSSR count). The summed E-state index contributed by atoms with van der Waals surface area (Å²) < 4.78 is 23.1. The Hall–Kier alpha value is -0.660. The maximum Gasteiger partial charge on any atom is 0.118 e. The van der Waals surface area contributed by atoms with Crippen molar-refractivity contribution >= 4 is 0 Å². The van der Waals surface area contributed by atoms with Crippen molar-refractivity contribution in [2.45, 2.75) is 6.42 Å². The van der Waals surface area contributed by atoms with E-state index in [9.17, 15) is 8.78 Å². The molecule has 0 amide bonds. The van der Waals surface area contributed by atoms with E-state index >= 15 is 0 Å². The Bertz CT molecular complexity index is 94.7. The van der Waals surface area contributed by atoms with Crippen LogP contribution in [0.1, 0.15) is 6.42 Å². The van der Waals surface area contributed by atoms with Gasteiger partial charge in [0.15, 0.2) is 0 Å². The molecule has 8 heavy (non-hydrogen) atoms. The lowest BCUT2D eigenvalue weighted by Gasteiger charge is -1.81. The summed E-state index contributed by atoms with van der Waals surface area (Å²) >= 11 is 0. The lowest BCUT2D eigenvalue weighted by molar-refractivity contribution is 0.497. The largest absolute Gasteiger partial charge is 0.251 e. The number of alkyl halides is 1. The molecule has 0 N–H and O–H groups in total. The van der Waals surface area contributed by atoms with E-state index in [2.05, 4.69) is 6.58 Å². The average molecular weight is 118 g/mol. The minimum atomic E-state index is -0.513. The first-order chi connectivity index (χ1) is 3.81. The van der Waals surface area contributed by atoms with Gasteiger partial charge >= 0.3 is 0 Å². The Morgan fingerprint density at radius 2 is 2.25 bits per heavy atom. The van der Waals surface area contributed by atoms with Crippen molar-refractivity contribution in [3.05, 3.63) is 24.6 Å². The molecule has 0 atom stereocenters. The van der Waals surface area contributed by atoms with Crippen molar-refractivity contribution in [2.24, 2.45) is 0 Å². The minimum Gasteiger partial charge on any atom is -0.251 e. The quantitative estimate of drug-likeness (QED) is 0.499. The highest BCUT2D eigenvalue weighted by Gasteiger charge is 1.82. The summed E-state index contributed by atoms with van der Waals surface area (Å²) in [6.07, 6.45) is 2.35. The van der Waals surface area contributed by atoms with Crippen LogP contribution in [-0.4, -0.2) is 6.67 Å². The molecule has 0 aliphatic rings. The van der Waals surface area contributed by atoms with E-state index in [0.29, 0.717) is 0 Å². The van der Waals surface area contributed by atoms with E-state index in [1.54, 1.807) is 0 Å². The molecule has 0 spiro atoms. The van der Waals surface area contributed by atoms with Gasteiger partial charge < -0.3 is 0 Å². The smallest absolute Gasteiger partial charge is 0.118 e. The zero-order valence-corrected chi connectivity index (χ0v) is 4.53. The molecular weight excluding hydrogens is 110 g/mol. The molecule has 46 valence electrons. The molecule has 0 aliphatic carbocycles. The Kier molecular flexibility index (Phi) is 4.13. The van der Waals surface area contributed by atoms with E-state index in [0.717, 1.165) is 12.2 Å². The highest BCUT2D eigenvalue weighted by atomic mass is 19.1. The number of halogens is 2. The van der Waals surface area contributed by atoms with Crippen molar-refractivity contribution < 1.29 is 8.78 Å². The fraction of sp³-hybridized carbons (Fsp3) is 0.333. The van der Waals surface area contributed by atoms with Gasteiger partial charge in [0.2, 0.25) is 0 Å². The van der Waals surface area contributed by atoms with Crippen LogP contribution in [0, 0.1) is 0 Å². The summed E-state index contributed by atoms with van der Waals surface area (Å²) in [5.41, 5.74) is 0. The van der Waals surface area contributed by atoms with Crippen LogP contribution in [0.5, 0.6) is 0 Å². The van der Waals surface area contributed by atoms with Crippen molar-refractivity contribution in [3.8, 4) is 0 Å². The highest BCUT2D eigenvalue weighted by Crippen LogP contribution is 1.97. The highest BCUT2D eigenvalue weighted by molar-refractivity contribution is 5.06. The third-order valence-electron chi connectivity index (χ3n) is 0.643. The van der Waals surface area contributed by atoms with Gasteiger partial charge in [-0.1, -0.05) is 6.58 Å². The van der Waals surface area contributed by atoms with Gasteiger partial charge in [0, 0.05) is 0 Å². The van der Waals surface area contributed by atoms with Crippen molar-refractivity contribution in [1.82, 2.24) is 0 Å². The number of hydrogen-bond acceptors (Lipinski definition) is 0. The van der Waals surface area contributed by atoms with Gasteiger partial charge in [0.1, 0.15) is 5.83 Å². The second-order valence-corrected chi connectivity index (χ2v) is 1.27. The maximum atomic E-state index is 11.9. The van der Waals surface area contributed by atoms with Crippen LogP contribution in [0.25, 0.3) is 0 Å². The third kappa shape index (κ3) is 3.53. The normalized spacial score (nSPS) is 11.5. The van der Waals surface area contributed by atoms with E-state index in [1.807, 2.05) is 0 Å². The zero-order valence-electron chi connectivity index (χ0n) is 4.53. The summed E-state index contributed by atoms with van der Waals surface area (Å²) in [6.45, 7) is 2.64. The van der Waals surface area contributed by atoms with Crippen LogP contribution in [0.4, 0.5) is 8.78 Å². The Morgan fingerprint density at radius 1 is 1.62 bits per heavy atom. The number of hydrogen-bond donors (Lipinski definition) is 0. The van der Waals surface area contributed by atoms with Gasteiger partial charge in [-0.3, -0.25) is 4.39 Å². The molecule has 0 unspecified atom stereocenters. The van der Waals surface area contributed by atoms with Crippen molar-refractivity contribution in [3.63, 3.8) is 0 Å². The van der Waals surface area contributed by atoms with Crippen LogP contribution in [0.2, 0.25) is 0 Å². The Labute approximate surface area is 47.5 Å². The molecule has 0 nitrogen and oxygen atoms in total. The van der Waals surface area contributed by atoms with Crippen molar-refractivity contribution in [1.29, 1.82) is 0 Å². The van der Waals surface area contributed by atoms with Crippen molar-refractivity contribution in [2.75, 3.05) is 6.67 Å². The van der Waals surface area contributed by atoms with Gasteiger partial charge in [-0.2, -0.15) is 0 Å². The molecule has 0 bridgehead atoms. The molecule has 0 aromatic carbocycles. The summed E-state index contributed by atoms with van der Waals surface area (Å²) in [5, 5.41) is 0. The molecule has 0 radical (unpaired) electrons. The summed E-state index contributed by atoms with van der Waals surface area (Å²) in [4.78, 5) is 0. The Morgan fingerprint density at radius 3 is 2.62 bits per heavy atom. The van der Waals surface area contributed by atoms with E-state index in [1.165, 1.54) is 0 Å². The molecule has 0 aliphatic heterocycles. The van der Waals surface area contributed by atoms with E-state index in [-0.39, 0.29) is 6.42 Å². The number of allylic oxidation sites excluding steroid dienone is 3. The molecule has 0 fully saturated rings. The molecule has 0 saturated heterocycles.